The van der Waals surface area contributed by atoms with Gasteiger partial charge in [-0.2, -0.15) is 0 Å². The number of nitrogens with one attached hydrogen (secondary N) is 1. The maximum atomic E-state index is 11.1. The van der Waals surface area contributed by atoms with Crippen LogP contribution < -0.4 is 5.32 Å². The van der Waals surface area contributed by atoms with E-state index < -0.39 is 12.0 Å². The van der Waals surface area contributed by atoms with Crippen LogP contribution in [0.5, 0.6) is 0 Å². The lowest BCUT2D eigenvalue weighted by Gasteiger charge is -2.19. The van der Waals surface area contributed by atoms with E-state index in [0.717, 1.165) is 11.3 Å². The second-order valence-corrected chi connectivity index (χ2v) is 4.98. The molecule has 0 heterocycles. The van der Waals surface area contributed by atoms with Crippen LogP contribution in [-0.4, -0.2) is 17.1 Å². The molecule has 1 rings (SSSR count). The van der Waals surface area contributed by atoms with Crippen LogP contribution in [0.25, 0.3) is 0 Å². The van der Waals surface area contributed by atoms with Gasteiger partial charge in [-0.1, -0.05) is 31.5 Å². The Balaban J connectivity index is 2.86. The van der Waals surface area contributed by atoms with Gasteiger partial charge in [-0.05, 0) is 37.0 Å². The van der Waals surface area contributed by atoms with Gasteiger partial charge in [-0.25, -0.2) is 4.79 Å². The minimum atomic E-state index is -0.835. The van der Waals surface area contributed by atoms with E-state index in [-0.39, 0.29) is 0 Å². The number of carboxylic acid groups (broad SMARTS) is 1. The third-order valence-electron chi connectivity index (χ3n) is 2.60. The highest BCUT2D eigenvalue weighted by Crippen LogP contribution is 2.24. The second-order valence-electron chi connectivity index (χ2n) is 4.58. The van der Waals surface area contributed by atoms with Gasteiger partial charge in [0.05, 0.1) is 0 Å². The van der Waals surface area contributed by atoms with Crippen molar-refractivity contribution in [2.24, 2.45) is 5.92 Å². The van der Waals surface area contributed by atoms with Crippen molar-refractivity contribution in [1.29, 1.82) is 0 Å². The number of rotatable bonds is 5. The molecule has 0 aliphatic heterocycles. The third kappa shape index (κ3) is 3.93. The highest BCUT2D eigenvalue weighted by atomic mass is 35.5. The predicted octanol–water partition coefficient (Wildman–Crippen LogP) is 3.56. The summed E-state index contributed by atoms with van der Waals surface area (Å²) in [4.78, 5) is 11.1. The summed E-state index contributed by atoms with van der Waals surface area (Å²) in [6.07, 6.45) is 0.585. The van der Waals surface area contributed by atoms with E-state index >= 15 is 0 Å². The van der Waals surface area contributed by atoms with E-state index in [9.17, 15) is 4.79 Å². The lowest BCUT2D eigenvalue weighted by atomic mass is 10.0. The maximum Gasteiger partial charge on any atom is 0.326 e. The van der Waals surface area contributed by atoms with Crippen molar-refractivity contribution in [3.63, 3.8) is 0 Å². The van der Waals surface area contributed by atoms with Gasteiger partial charge >= 0.3 is 5.97 Å². The Hall–Kier alpha value is -1.22. The summed E-state index contributed by atoms with van der Waals surface area (Å²) in [5.41, 5.74) is 1.66. The molecule has 0 aromatic heterocycles. The van der Waals surface area contributed by atoms with Crippen molar-refractivity contribution in [2.75, 3.05) is 5.32 Å². The van der Waals surface area contributed by atoms with Crippen molar-refractivity contribution in [3.05, 3.63) is 28.8 Å². The standard InChI is InChI=1S/C13H18ClNO2/c1-8(2)7-12(13(16)17)15-11-6-4-5-10(14)9(11)3/h4-6,8,12,15H,7H2,1-3H3,(H,16,17). The van der Waals surface area contributed by atoms with Crippen molar-refractivity contribution >= 4 is 23.3 Å². The number of carbonyl (C=O) groups is 1. The molecule has 0 aliphatic rings. The topological polar surface area (TPSA) is 49.3 Å². The lowest BCUT2D eigenvalue weighted by Crippen LogP contribution is -2.31. The average molecular weight is 256 g/mol. The Bertz CT molecular complexity index is 404. The molecule has 1 aromatic rings. The molecule has 0 spiro atoms. The molecule has 0 aliphatic carbocycles. The fraction of sp³-hybridized carbons (Fsp3) is 0.462. The molecule has 2 N–H and O–H groups in total. The fourth-order valence-corrected chi connectivity index (χ4v) is 1.82. The zero-order chi connectivity index (χ0) is 13.0. The molecule has 1 atom stereocenters. The van der Waals surface area contributed by atoms with Gasteiger partial charge in [0, 0.05) is 10.7 Å². The molecule has 3 nitrogen and oxygen atoms in total. The van der Waals surface area contributed by atoms with Gasteiger partial charge < -0.3 is 10.4 Å². The van der Waals surface area contributed by atoms with Crippen molar-refractivity contribution < 1.29 is 9.90 Å². The summed E-state index contributed by atoms with van der Waals surface area (Å²) in [7, 11) is 0. The Labute approximate surface area is 107 Å². The molecule has 0 radical (unpaired) electrons. The lowest BCUT2D eigenvalue weighted by molar-refractivity contribution is -0.138. The summed E-state index contributed by atoms with van der Waals surface area (Å²) < 4.78 is 0. The first-order valence-corrected chi connectivity index (χ1v) is 6.04. The molecule has 1 aromatic carbocycles. The Morgan fingerprint density at radius 2 is 2.12 bits per heavy atom. The van der Waals surface area contributed by atoms with Crippen LogP contribution in [0.4, 0.5) is 5.69 Å². The van der Waals surface area contributed by atoms with E-state index in [4.69, 9.17) is 16.7 Å². The number of hydrogen-bond acceptors (Lipinski definition) is 2. The summed E-state index contributed by atoms with van der Waals surface area (Å²) in [6, 6.07) is 4.87. The maximum absolute atomic E-state index is 11.1. The zero-order valence-corrected chi connectivity index (χ0v) is 11.1. The number of aliphatic carboxylic acids is 1. The smallest absolute Gasteiger partial charge is 0.326 e. The minimum absolute atomic E-state index is 0.322. The molecular weight excluding hydrogens is 238 g/mol. The van der Waals surface area contributed by atoms with E-state index in [1.165, 1.54) is 0 Å². The van der Waals surface area contributed by atoms with Crippen LogP contribution in [-0.2, 0) is 4.79 Å². The monoisotopic (exact) mass is 255 g/mol. The number of hydrogen-bond donors (Lipinski definition) is 2. The Kier molecular flexibility index (Phi) is 4.82. The van der Waals surface area contributed by atoms with Gasteiger partial charge in [-0.3, -0.25) is 0 Å². The largest absolute Gasteiger partial charge is 0.480 e. The summed E-state index contributed by atoms with van der Waals surface area (Å²) >= 11 is 6.00. The summed E-state index contributed by atoms with van der Waals surface area (Å²) in [5.74, 6) is -0.513. The van der Waals surface area contributed by atoms with E-state index in [0.29, 0.717) is 17.4 Å². The van der Waals surface area contributed by atoms with Crippen molar-refractivity contribution in [2.45, 2.75) is 33.2 Å². The summed E-state index contributed by atoms with van der Waals surface area (Å²) in [6.45, 7) is 5.88. The first kappa shape index (κ1) is 13.8. The number of carboxylic acids is 1. The molecule has 1 unspecified atom stereocenters. The van der Waals surface area contributed by atoms with Crippen LogP contribution >= 0.6 is 11.6 Å². The van der Waals surface area contributed by atoms with E-state index in [1.54, 1.807) is 6.07 Å². The summed E-state index contributed by atoms with van der Waals surface area (Å²) in [5, 5.41) is 12.8. The quantitative estimate of drug-likeness (QED) is 0.846. The molecule has 94 valence electrons. The number of benzene rings is 1. The van der Waals surface area contributed by atoms with Crippen LogP contribution in [0.2, 0.25) is 5.02 Å². The molecule has 17 heavy (non-hydrogen) atoms. The average Bonchev–Trinajstić information content (AvgIpc) is 2.22. The number of halogens is 1. The van der Waals surface area contributed by atoms with E-state index in [1.807, 2.05) is 32.9 Å². The molecule has 0 amide bonds. The van der Waals surface area contributed by atoms with Crippen LogP contribution in [0.3, 0.4) is 0 Å². The number of anilines is 1. The van der Waals surface area contributed by atoms with Gasteiger partial charge in [-0.15, -0.1) is 0 Å². The SMILES string of the molecule is Cc1c(Cl)cccc1NC(CC(C)C)C(=O)O. The fourth-order valence-electron chi connectivity index (χ4n) is 1.64. The Morgan fingerprint density at radius 1 is 1.47 bits per heavy atom. The highest BCUT2D eigenvalue weighted by molar-refractivity contribution is 6.31. The van der Waals surface area contributed by atoms with Crippen LogP contribution in [0.15, 0.2) is 18.2 Å². The molecular formula is C13H18ClNO2. The predicted molar refractivity (Wildman–Crippen MR) is 70.7 cm³/mol. The van der Waals surface area contributed by atoms with Crippen molar-refractivity contribution in [3.8, 4) is 0 Å². The zero-order valence-electron chi connectivity index (χ0n) is 10.3. The minimum Gasteiger partial charge on any atom is -0.480 e. The first-order chi connectivity index (χ1) is 7.91. The molecule has 0 saturated carbocycles. The Morgan fingerprint density at radius 3 is 2.65 bits per heavy atom. The molecule has 0 saturated heterocycles. The molecule has 4 heteroatoms. The highest BCUT2D eigenvalue weighted by Gasteiger charge is 2.19. The van der Waals surface area contributed by atoms with E-state index in [2.05, 4.69) is 5.32 Å². The van der Waals surface area contributed by atoms with Crippen LogP contribution in [0.1, 0.15) is 25.8 Å². The second kappa shape index (κ2) is 5.92. The van der Waals surface area contributed by atoms with Gasteiger partial charge in [0.1, 0.15) is 6.04 Å². The van der Waals surface area contributed by atoms with Gasteiger partial charge in [0.15, 0.2) is 0 Å². The van der Waals surface area contributed by atoms with Gasteiger partial charge in [0.25, 0.3) is 0 Å². The molecule has 0 bridgehead atoms. The van der Waals surface area contributed by atoms with Crippen molar-refractivity contribution in [1.82, 2.24) is 0 Å². The van der Waals surface area contributed by atoms with Gasteiger partial charge in [0.2, 0.25) is 0 Å². The molecule has 0 fully saturated rings. The first-order valence-electron chi connectivity index (χ1n) is 5.66. The third-order valence-corrected chi connectivity index (χ3v) is 3.01. The normalized spacial score (nSPS) is 12.5. The van der Waals surface area contributed by atoms with Crippen LogP contribution in [0, 0.1) is 12.8 Å².